The molecule has 9 heteroatoms. The van der Waals surface area contributed by atoms with Gasteiger partial charge >= 0.3 is 0 Å². The number of carbonyl (C=O) groups excluding carboxylic acids is 1. The lowest BCUT2D eigenvalue weighted by atomic mass is 10.1. The molecule has 0 radical (unpaired) electrons. The Morgan fingerprint density at radius 2 is 1.78 bits per heavy atom. The minimum absolute atomic E-state index is 0.0618. The van der Waals surface area contributed by atoms with Crippen LogP contribution in [0.3, 0.4) is 0 Å². The average Bonchev–Trinajstić information content (AvgIpc) is 2.49. The van der Waals surface area contributed by atoms with E-state index in [4.69, 9.17) is 0 Å². The lowest BCUT2D eigenvalue weighted by Crippen LogP contribution is -2.13. The highest BCUT2D eigenvalue weighted by Gasteiger charge is 2.17. The quantitative estimate of drug-likeness (QED) is 0.686. The van der Waals surface area contributed by atoms with E-state index in [1.165, 1.54) is 19.1 Å². The normalized spacial score (nSPS) is 10.2. The van der Waals surface area contributed by atoms with Crippen molar-refractivity contribution < 1.29 is 19.0 Å². The highest BCUT2D eigenvalue weighted by molar-refractivity contribution is 6.04. The van der Waals surface area contributed by atoms with E-state index in [0.29, 0.717) is 5.56 Å². The van der Waals surface area contributed by atoms with Crippen molar-refractivity contribution in [2.75, 3.05) is 5.32 Å². The third-order valence-electron chi connectivity index (χ3n) is 3.08. The summed E-state index contributed by atoms with van der Waals surface area (Å²) in [6.45, 7) is 1.51. The molecule has 1 amide bonds. The molecule has 8 nitrogen and oxygen atoms in total. The van der Waals surface area contributed by atoms with Crippen molar-refractivity contribution in [2.24, 2.45) is 0 Å². The van der Waals surface area contributed by atoms with Gasteiger partial charge in [0.1, 0.15) is 5.82 Å². The van der Waals surface area contributed by atoms with Crippen molar-refractivity contribution in [3.05, 3.63) is 73.6 Å². The predicted octanol–water partition coefficient (Wildman–Crippen LogP) is 3.20. The first-order valence-corrected chi connectivity index (χ1v) is 6.30. The van der Waals surface area contributed by atoms with Crippen molar-refractivity contribution in [1.82, 2.24) is 0 Å². The zero-order valence-corrected chi connectivity index (χ0v) is 11.8. The summed E-state index contributed by atoms with van der Waals surface area (Å²) >= 11 is 0. The van der Waals surface area contributed by atoms with Crippen LogP contribution in [0, 0.1) is 33.0 Å². The van der Waals surface area contributed by atoms with Crippen molar-refractivity contribution in [3.8, 4) is 0 Å². The summed E-state index contributed by atoms with van der Waals surface area (Å²) in [6.07, 6.45) is 0. The Kier molecular flexibility index (Phi) is 4.30. The van der Waals surface area contributed by atoms with E-state index in [0.717, 1.165) is 24.3 Å². The molecule has 2 rings (SSSR count). The van der Waals surface area contributed by atoms with Crippen LogP contribution in [0.5, 0.6) is 0 Å². The Hall–Kier alpha value is -3.36. The fraction of sp³-hybridized carbons (Fsp3) is 0.0714. The van der Waals surface area contributed by atoms with Crippen LogP contribution in [0.25, 0.3) is 0 Å². The topological polar surface area (TPSA) is 115 Å². The van der Waals surface area contributed by atoms with Crippen molar-refractivity contribution >= 4 is 23.0 Å². The molecule has 0 heterocycles. The maximum atomic E-state index is 13.6. The van der Waals surface area contributed by atoms with Crippen LogP contribution in [0.4, 0.5) is 21.5 Å². The average molecular weight is 319 g/mol. The van der Waals surface area contributed by atoms with Crippen LogP contribution in [-0.4, -0.2) is 15.8 Å². The predicted molar refractivity (Wildman–Crippen MR) is 78.8 cm³/mol. The van der Waals surface area contributed by atoms with Crippen LogP contribution in [-0.2, 0) is 0 Å². The summed E-state index contributed by atoms with van der Waals surface area (Å²) in [5, 5.41) is 23.7. The number of nitrogens with one attached hydrogen (secondary N) is 1. The van der Waals surface area contributed by atoms with Gasteiger partial charge in [-0.25, -0.2) is 4.39 Å². The first kappa shape index (κ1) is 16.0. The van der Waals surface area contributed by atoms with Gasteiger partial charge in [0.25, 0.3) is 17.3 Å². The number of anilines is 1. The monoisotopic (exact) mass is 319 g/mol. The van der Waals surface area contributed by atoms with Gasteiger partial charge in [0, 0.05) is 29.3 Å². The smallest absolute Gasteiger partial charge is 0.273 e. The molecule has 0 aliphatic carbocycles. The Morgan fingerprint density at radius 1 is 1.09 bits per heavy atom. The van der Waals surface area contributed by atoms with Gasteiger partial charge in [0.15, 0.2) is 0 Å². The van der Waals surface area contributed by atoms with Crippen LogP contribution in [0.1, 0.15) is 15.9 Å². The Bertz CT molecular complexity index is 822. The zero-order chi connectivity index (χ0) is 17.1. The minimum Gasteiger partial charge on any atom is -0.319 e. The van der Waals surface area contributed by atoms with E-state index < -0.39 is 27.3 Å². The summed E-state index contributed by atoms with van der Waals surface area (Å²) in [5.41, 5.74) is -0.720. The van der Waals surface area contributed by atoms with E-state index in [-0.39, 0.29) is 16.9 Å². The summed E-state index contributed by atoms with van der Waals surface area (Å²) in [7, 11) is 0. The molecule has 1 N–H and O–H groups in total. The number of aryl methyl sites for hydroxylation is 1. The number of amides is 1. The molecule has 0 aromatic heterocycles. The molecule has 0 fully saturated rings. The molecule has 2 aromatic rings. The van der Waals surface area contributed by atoms with E-state index in [9.17, 15) is 29.4 Å². The van der Waals surface area contributed by atoms with Gasteiger partial charge in [-0.05, 0) is 19.1 Å². The SMILES string of the molecule is Cc1ccc(C(=O)Nc2cc([N+](=O)[O-])ccc2F)cc1[N+](=O)[O-]. The number of halogens is 1. The lowest BCUT2D eigenvalue weighted by Gasteiger charge is -2.07. The number of hydrogen-bond donors (Lipinski definition) is 1. The standard InChI is InChI=1S/C14H10FN3O5/c1-8-2-3-9(6-13(8)18(22)23)14(19)16-12-7-10(17(20)21)4-5-11(12)15/h2-7H,1H3,(H,16,19). The summed E-state index contributed by atoms with van der Waals surface area (Å²) < 4.78 is 13.6. The number of non-ortho nitro benzene ring substituents is 1. The number of nitro groups is 2. The highest BCUT2D eigenvalue weighted by atomic mass is 19.1. The van der Waals surface area contributed by atoms with Crippen molar-refractivity contribution in [2.45, 2.75) is 6.92 Å². The molecule has 0 aliphatic rings. The fourth-order valence-corrected chi connectivity index (χ4v) is 1.86. The molecular formula is C14H10FN3O5. The van der Waals surface area contributed by atoms with E-state index in [1.54, 1.807) is 0 Å². The van der Waals surface area contributed by atoms with E-state index >= 15 is 0 Å². The first-order chi connectivity index (χ1) is 10.8. The van der Waals surface area contributed by atoms with Gasteiger partial charge in [-0.1, -0.05) is 6.07 Å². The molecule has 0 saturated heterocycles. The number of nitrogens with zero attached hydrogens (tertiary/aromatic N) is 2. The third kappa shape index (κ3) is 3.46. The highest BCUT2D eigenvalue weighted by Crippen LogP contribution is 2.23. The van der Waals surface area contributed by atoms with Crippen LogP contribution in [0.15, 0.2) is 36.4 Å². The Labute approximate surface area is 128 Å². The fourth-order valence-electron chi connectivity index (χ4n) is 1.86. The first-order valence-electron chi connectivity index (χ1n) is 6.30. The lowest BCUT2D eigenvalue weighted by molar-refractivity contribution is -0.385. The molecular weight excluding hydrogens is 309 g/mol. The molecule has 0 aliphatic heterocycles. The number of carbonyl (C=O) groups is 1. The molecule has 0 bridgehead atoms. The maximum Gasteiger partial charge on any atom is 0.273 e. The molecule has 0 spiro atoms. The van der Waals surface area contributed by atoms with Gasteiger partial charge < -0.3 is 5.32 Å². The van der Waals surface area contributed by atoms with E-state index in [1.807, 2.05) is 0 Å². The Balaban J connectivity index is 2.33. The maximum absolute atomic E-state index is 13.6. The van der Waals surface area contributed by atoms with Gasteiger partial charge in [0.2, 0.25) is 0 Å². The zero-order valence-electron chi connectivity index (χ0n) is 11.8. The van der Waals surface area contributed by atoms with Gasteiger partial charge in [-0.15, -0.1) is 0 Å². The number of benzene rings is 2. The van der Waals surface area contributed by atoms with Crippen LogP contribution >= 0.6 is 0 Å². The van der Waals surface area contributed by atoms with Gasteiger partial charge in [0.05, 0.1) is 15.5 Å². The largest absolute Gasteiger partial charge is 0.319 e. The third-order valence-corrected chi connectivity index (χ3v) is 3.08. The molecule has 0 atom stereocenters. The summed E-state index contributed by atoms with van der Waals surface area (Å²) in [6, 6.07) is 6.46. The number of rotatable bonds is 4. The van der Waals surface area contributed by atoms with Gasteiger partial charge in [-0.2, -0.15) is 0 Å². The molecule has 0 unspecified atom stereocenters. The number of hydrogen-bond acceptors (Lipinski definition) is 5. The molecule has 118 valence electrons. The van der Waals surface area contributed by atoms with Crippen LogP contribution < -0.4 is 5.32 Å². The van der Waals surface area contributed by atoms with E-state index in [2.05, 4.69) is 5.32 Å². The van der Waals surface area contributed by atoms with Crippen LogP contribution in [0.2, 0.25) is 0 Å². The second kappa shape index (κ2) is 6.18. The van der Waals surface area contributed by atoms with Gasteiger partial charge in [-0.3, -0.25) is 25.0 Å². The molecule has 2 aromatic carbocycles. The summed E-state index contributed by atoms with van der Waals surface area (Å²) in [4.78, 5) is 32.2. The second-order valence-electron chi connectivity index (χ2n) is 4.63. The van der Waals surface area contributed by atoms with Crippen molar-refractivity contribution in [1.29, 1.82) is 0 Å². The molecule has 0 saturated carbocycles. The number of nitro benzene ring substituents is 2. The van der Waals surface area contributed by atoms with Crippen molar-refractivity contribution in [3.63, 3.8) is 0 Å². The Morgan fingerprint density at radius 3 is 2.39 bits per heavy atom. The minimum atomic E-state index is -0.856. The molecule has 23 heavy (non-hydrogen) atoms. The summed E-state index contributed by atoms with van der Waals surface area (Å²) in [5.74, 6) is -1.67. The second-order valence-corrected chi connectivity index (χ2v) is 4.63.